The Morgan fingerprint density at radius 2 is 2.13 bits per heavy atom. The second-order valence-electron chi connectivity index (χ2n) is 3.32. The van der Waals surface area contributed by atoms with Gasteiger partial charge >= 0.3 is 11.9 Å². The maximum atomic E-state index is 11.1. The number of aromatic nitrogens is 2. The van der Waals surface area contributed by atoms with E-state index in [1.54, 1.807) is 0 Å². The molecule has 1 saturated heterocycles. The number of rotatable bonds is 2. The normalized spacial score (nSPS) is 17.7. The van der Waals surface area contributed by atoms with E-state index in [0.717, 1.165) is 12.8 Å². The van der Waals surface area contributed by atoms with E-state index in [4.69, 9.17) is 9.15 Å². The Bertz CT molecular complexity index is 344. The molecule has 2 rings (SSSR count). The molecular formula is C9H12N2O4. The average molecular weight is 212 g/mol. The van der Waals surface area contributed by atoms with Crippen molar-refractivity contribution in [3.05, 3.63) is 11.8 Å². The minimum absolute atomic E-state index is 0.0843. The van der Waals surface area contributed by atoms with E-state index in [-0.39, 0.29) is 11.8 Å². The summed E-state index contributed by atoms with van der Waals surface area (Å²) < 4.78 is 14.9. The zero-order valence-electron chi connectivity index (χ0n) is 8.43. The predicted octanol–water partition coefficient (Wildman–Crippen LogP) is 0.750. The van der Waals surface area contributed by atoms with Crippen LogP contribution >= 0.6 is 0 Å². The summed E-state index contributed by atoms with van der Waals surface area (Å²) in [6, 6.07) is 0. The fourth-order valence-electron chi connectivity index (χ4n) is 1.51. The first-order valence-corrected chi connectivity index (χ1v) is 4.80. The highest BCUT2D eigenvalue weighted by atomic mass is 16.5. The highest BCUT2D eigenvalue weighted by Gasteiger charge is 2.23. The van der Waals surface area contributed by atoms with Gasteiger partial charge in [0.15, 0.2) is 0 Å². The largest absolute Gasteiger partial charge is 0.462 e. The summed E-state index contributed by atoms with van der Waals surface area (Å²) in [6.07, 6.45) is 1.70. The smallest absolute Gasteiger partial charge is 0.396 e. The van der Waals surface area contributed by atoms with Gasteiger partial charge in [-0.2, -0.15) is 0 Å². The molecule has 0 aliphatic carbocycles. The van der Waals surface area contributed by atoms with Crippen LogP contribution in [0.3, 0.4) is 0 Å². The maximum Gasteiger partial charge on any atom is 0.396 e. The first kappa shape index (κ1) is 10.1. The van der Waals surface area contributed by atoms with Crippen molar-refractivity contribution < 1.29 is 18.7 Å². The molecule has 82 valence electrons. The molecule has 1 fully saturated rings. The van der Waals surface area contributed by atoms with Gasteiger partial charge in [-0.3, -0.25) is 0 Å². The first-order chi connectivity index (χ1) is 7.31. The molecule has 6 nitrogen and oxygen atoms in total. The number of carbonyl (C=O) groups excluding carboxylic acids is 1. The number of hydrogen-bond acceptors (Lipinski definition) is 6. The summed E-state index contributed by atoms with van der Waals surface area (Å²) in [5, 5.41) is 7.47. The zero-order chi connectivity index (χ0) is 10.7. The van der Waals surface area contributed by atoms with Crippen LogP contribution in [0.25, 0.3) is 0 Å². The van der Waals surface area contributed by atoms with Crippen LogP contribution in [-0.4, -0.2) is 36.5 Å². The number of esters is 1. The maximum absolute atomic E-state index is 11.1. The monoisotopic (exact) mass is 212 g/mol. The van der Waals surface area contributed by atoms with Gasteiger partial charge in [0.05, 0.1) is 7.11 Å². The van der Waals surface area contributed by atoms with Crippen molar-refractivity contribution in [2.45, 2.75) is 18.8 Å². The molecule has 0 atom stereocenters. The highest BCUT2D eigenvalue weighted by molar-refractivity contribution is 5.83. The summed E-state index contributed by atoms with van der Waals surface area (Å²) in [7, 11) is 1.28. The van der Waals surface area contributed by atoms with E-state index in [1.807, 2.05) is 0 Å². The van der Waals surface area contributed by atoms with E-state index < -0.39 is 5.97 Å². The summed E-state index contributed by atoms with van der Waals surface area (Å²) in [6.45, 7) is 1.39. The van der Waals surface area contributed by atoms with Crippen LogP contribution in [-0.2, 0) is 9.47 Å². The van der Waals surface area contributed by atoms with Crippen LogP contribution in [0.2, 0.25) is 0 Å². The second-order valence-corrected chi connectivity index (χ2v) is 3.32. The molecule has 1 aromatic heterocycles. The number of nitrogens with zero attached hydrogens (tertiary/aromatic N) is 2. The van der Waals surface area contributed by atoms with E-state index in [9.17, 15) is 4.79 Å². The fourth-order valence-corrected chi connectivity index (χ4v) is 1.51. The minimum Gasteiger partial charge on any atom is -0.462 e. The van der Waals surface area contributed by atoms with E-state index in [1.165, 1.54) is 7.11 Å². The second kappa shape index (κ2) is 4.39. The molecule has 0 unspecified atom stereocenters. The molecule has 2 heterocycles. The van der Waals surface area contributed by atoms with Crippen LogP contribution in [0.4, 0.5) is 0 Å². The molecular weight excluding hydrogens is 200 g/mol. The average Bonchev–Trinajstić information content (AvgIpc) is 2.78. The van der Waals surface area contributed by atoms with Gasteiger partial charge in [0, 0.05) is 19.1 Å². The van der Waals surface area contributed by atoms with Crippen molar-refractivity contribution in [3.63, 3.8) is 0 Å². The molecule has 0 saturated carbocycles. The SMILES string of the molecule is COC(=O)c1nnc(C2CCOCC2)o1. The molecule has 0 aromatic carbocycles. The predicted molar refractivity (Wildman–Crippen MR) is 48.4 cm³/mol. The highest BCUT2D eigenvalue weighted by Crippen LogP contribution is 2.25. The molecule has 0 N–H and O–H groups in total. The standard InChI is InChI=1S/C9H12N2O4/c1-13-9(12)8-11-10-7(15-8)6-2-4-14-5-3-6/h6H,2-5H2,1H3. The molecule has 6 heteroatoms. The molecule has 1 aliphatic rings. The number of carbonyl (C=O) groups is 1. The van der Waals surface area contributed by atoms with Crippen molar-refractivity contribution in [1.29, 1.82) is 0 Å². The van der Waals surface area contributed by atoms with E-state index >= 15 is 0 Å². The van der Waals surface area contributed by atoms with Gasteiger partial charge in [-0.25, -0.2) is 4.79 Å². The van der Waals surface area contributed by atoms with Gasteiger partial charge in [0.25, 0.3) is 0 Å². The van der Waals surface area contributed by atoms with Gasteiger partial charge < -0.3 is 13.9 Å². The first-order valence-electron chi connectivity index (χ1n) is 4.80. The Morgan fingerprint density at radius 3 is 2.80 bits per heavy atom. The van der Waals surface area contributed by atoms with E-state index in [0.29, 0.717) is 19.1 Å². The van der Waals surface area contributed by atoms with Gasteiger partial charge in [0.2, 0.25) is 5.89 Å². The molecule has 0 amide bonds. The molecule has 1 aliphatic heterocycles. The summed E-state index contributed by atoms with van der Waals surface area (Å²) in [5.74, 6) is 0.0168. The van der Waals surface area contributed by atoms with Gasteiger partial charge in [-0.15, -0.1) is 10.2 Å². The number of hydrogen-bond donors (Lipinski definition) is 0. The Balaban J connectivity index is 2.08. The Kier molecular flexibility index (Phi) is 2.96. The lowest BCUT2D eigenvalue weighted by atomic mass is 10.0. The van der Waals surface area contributed by atoms with Crippen molar-refractivity contribution >= 4 is 5.97 Å². The molecule has 0 radical (unpaired) electrons. The topological polar surface area (TPSA) is 74.5 Å². The van der Waals surface area contributed by atoms with Crippen molar-refractivity contribution in [2.75, 3.05) is 20.3 Å². The number of ether oxygens (including phenoxy) is 2. The van der Waals surface area contributed by atoms with Crippen LogP contribution in [0.15, 0.2) is 4.42 Å². The molecule has 1 aromatic rings. The van der Waals surface area contributed by atoms with Crippen molar-refractivity contribution in [3.8, 4) is 0 Å². The van der Waals surface area contributed by atoms with Crippen LogP contribution in [0, 0.1) is 0 Å². The van der Waals surface area contributed by atoms with E-state index in [2.05, 4.69) is 14.9 Å². The molecule has 0 spiro atoms. The summed E-state index contributed by atoms with van der Waals surface area (Å²) in [5.41, 5.74) is 0. The number of methoxy groups -OCH3 is 1. The van der Waals surface area contributed by atoms with Crippen LogP contribution in [0.5, 0.6) is 0 Å². The van der Waals surface area contributed by atoms with Gasteiger partial charge in [-0.1, -0.05) is 0 Å². The van der Waals surface area contributed by atoms with Crippen LogP contribution < -0.4 is 0 Å². The third-order valence-corrected chi connectivity index (χ3v) is 2.37. The lowest BCUT2D eigenvalue weighted by Gasteiger charge is -2.18. The Labute approximate surface area is 86.6 Å². The Hall–Kier alpha value is -1.43. The van der Waals surface area contributed by atoms with Gasteiger partial charge in [0.1, 0.15) is 0 Å². The van der Waals surface area contributed by atoms with Crippen molar-refractivity contribution in [2.24, 2.45) is 0 Å². The zero-order valence-corrected chi connectivity index (χ0v) is 8.43. The van der Waals surface area contributed by atoms with Crippen molar-refractivity contribution in [1.82, 2.24) is 10.2 Å². The molecule has 0 bridgehead atoms. The lowest BCUT2D eigenvalue weighted by molar-refractivity contribution is 0.0546. The lowest BCUT2D eigenvalue weighted by Crippen LogP contribution is -2.14. The quantitative estimate of drug-likeness (QED) is 0.673. The van der Waals surface area contributed by atoms with Gasteiger partial charge in [-0.05, 0) is 12.8 Å². The molecule has 15 heavy (non-hydrogen) atoms. The third-order valence-electron chi connectivity index (χ3n) is 2.37. The van der Waals surface area contributed by atoms with Crippen LogP contribution in [0.1, 0.15) is 35.3 Å². The Morgan fingerprint density at radius 1 is 1.40 bits per heavy atom. The fraction of sp³-hybridized carbons (Fsp3) is 0.667. The summed E-state index contributed by atoms with van der Waals surface area (Å²) >= 11 is 0. The minimum atomic E-state index is -0.596. The third kappa shape index (κ3) is 2.15. The summed E-state index contributed by atoms with van der Waals surface area (Å²) in [4.78, 5) is 11.1.